The van der Waals surface area contributed by atoms with Crippen molar-refractivity contribution in [3.05, 3.63) is 59.2 Å². The molecule has 136 valence electrons. The first kappa shape index (κ1) is 18.4. The van der Waals surface area contributed by atoms with Gasteiger partial charge in [0.15, 0.2) is 0 Å². The molecule has 1 atom stereocenters. The number of nitrogens with one attached hydrogen (secondary N) is 4. The van der Waals surface area contributed by atoms with E-state index in [9.17, 15) is 4.79 Å². The standard InChI is InChI=1S/C19H22ClN5O/c1-2-21-8-9-22-18(13-4-3-5-15(20)10-13)19(26)24-16-6-7-17-14(11-16)12-23-25-17/h3-7,10-12,18,21-22H,2,8-9H2,1H3,(H,23,25)(H,24,26). The molecule has 1 aromatic heterocycles. The fraction of sp³-hybridized carbons (Fsp3) is 0.263. The summed E-state index contributed by atoms with van der Waals surface area (Å²) in [5, 5.41) is 18.0. The SMILES string of the molecule is CCNCCNC(C(=O)Nc1ccc2[nH]ncc2c1)c1cccc(Cl)c1. The summed E-state index contributed by atoms with van der Waals surface area (Å²) in [5.74, 6) is -0.133. The Hall–Kier alpha value is -2.41. The minimum Gasteiger partial charge on any atom is -0.324 e. The maximum Gasteiger partial charge on any atom is 0.246 e. The van der Waals surface area contributed by atoms with E-state index in [2.05, 4.69) is 26.1 Å². The molecule has 2 aromatic carbocycles. The zero-order chi connectivity index (χ0) is 18.4. The maximum absolute atomic E-state index is 12.9. The molecule has 7 heteroatoms. The highest BCUT2D eigenvalue weighted by molar-refractivity contribution is 6.30. The number of rotatable bonds is 8. The van der Waals surface area contributed by atoms with Crippen LogP contribution in [-0.4, -0.2) is 35.7 Å². The molecule has 3 rings (SSSR count). The second-order valence-corrected chi connectivity index (χ2v) is 6.39. The molecule has 3 aromatic rings. The van der Waals surface area contributed by atoms with Crippen LogP contribution in [-0.2, 0) is 4.79 Å². The molecule has 1 unspecified atom stereocenters. The summed E-state index contributed by atoms with van der Waals surface area (Å²) in [7, 11) is 0. The van der Waals surface area contributed by atoms with Gasteiger partial charge in [-0.05, 0) is 42.4 Å². The number of aromatic nitrogens is 2. The highest BCUT2D eigenvalue weighted by Crippen LogP contribution is 2.21. The van der Waals surface area contributed by atoms with Crippen LogP contribution in [0.5, 0.6) is 0 Å². The third-order valence-corrected chi connectivity index (χ3v) is 4.29. The van der Waals surface area contributed by atoms with Crippen molar-refractivity contribution in [3.63, 3.8) is 0 Å². The Bertz CT molecular complexity index is 879. The van der Waals surface area contributed by atoms with Crippen molar-refractivity contribution in [2.24, 2.45) is 0 Å². The van der Waals surface area contributed by atoms with Crippen LogP contribution in [0, 0.1) is 0 Å². The Kier molecular flexibility index (Phi) is 6.22. The van der Waals surface area contributed by atoms with Gasteiger partial charge in [0.1, 0.15) is 6.04 Å². The lowest BCUT2D eigenvalue weighted by Crippen LogP contribution is -2.37. The van der Waals surface area contributed by atoms with E-state index >= 15 is 0 Å². The van der Waals surface area contributed by atoms with Crippen molar-refractivity contribution in [1.29, 1.82) is 0 Å². The lowest BCUT2D eigenvalue weighted by Gasteiger charge is -2.19. The Morgan fingerprint density at radius 1 is 1.23 bits per heavy atom. The number of H-pyrrole nitrogens is 1. The number of likely N-dealkylation sites (N-methyl/N-ethyl adjacent to an activating group) is 1. The fourth-order valence-corrected chi connectivity index (χ4v) is 2.96. The summed E-state index contributed by atoms with van der Waals surface area (Å²) in [6.45, 7) is 4.38. The van der Waals surface area contributed by atoms with Crippen molar-refractivity contribution < 1.29 is 4.79 Å². The Morgan fingerprint density at radius 2 is 2.12 bits per heavy atom. The number of amides is 1. The van der Waals surface area contributed by atoms with E-state index in [0.29, 0.717) is 11.6 Å². The summed E-state index contributed by atoms with van der Waals surface area (Å²) in [4.78, 5) is 12.9. The normalized spacial score (nSPS) is 12.2. The number of benzene rings is 2. The van der Waals surface area contributed by atoms with E-state index in [4.69, 9.17) is 11.6 Å². The Balaban J connectivity index is 1.76. The van der Waals surface area contributed by atoms with Gasteiger partial charge in [0, 0.05) is 29.2 Å². The van der Waals surface area contributed by atoms with Gasteiger partial charge in [-0.1, -0.05) is 30.7 Å². The topological polar surface area (TPSA) is 81.8 Å². The van der Waals surface area contributed by atoms with Gasteiger partial charge in [0.25, 0.3) is 0 Å². The first-order valence-corrected chi connectivity index (χ1v) is 8.98. The van der Waals surface area contributed by atoms with E-state index in [1.54, 1.807) is 12.3 Å². The largest absolute Gasteiger partial charge is 0.324 e. The molecule has 6 nitrogen and oxygen atoms in total. The number of anilines is 1. The average molecular weight is 372 g/mol. The van der Waals surface area contributed by atoms with Crippen molar-refractivity contribution in [1.82, 2.24) is 20.8 Å². The molecular weight excluding hydrogens is 350 g/mol. The van der Waals surface area contributed by atoms with E-state index in [-0.39, 0.29) is 5.91 Å². The summed E-state index contributed by atoms with van der Waals surface area (Å²) in [5.41, 5.74) is 2.48. The molecule has 1 heterocycles. The van der Waals surface area contributed by atoms with Crippen LogP contribution in [0.2, 0.25) is 5.02 Å². The smallest absolute Gasteiger partial charge is 0.246 e. The lowest BCUT2D eigenvalue weighted by atomic mass is 10.1. The molecule has 0 spiro atoms. The molecule has 4 N–H and O–H groups in total. The predicted octanol–water partition coefficient (Wildman–Crippen LogP) is 3.10. The van der Waals surface area contributed by atoms with E-state index < -0.39 is 6.04 Å². The third kappa shape index (κ3) is 4.60. The quantitative estimate of drug-likeness (QED) is 0.459. The Morgan fingerprint density at radius 3 is 2.92 bits per heavy atom. The number of hydrogen-bond donors (Lipinski definition) is 4. The van der Waals surface area contributed by atoms with E-state index in [0.717, 1.165) is 35.2 Å². The van der Waals surface area contributed by atoms with Crippen LogP contribution in [0.25, 0.3) is 10.9 Å². The predicted molar refractivity (Wildman–Crippen MR) is 105 cm³/mol. The van der Waals surface area contributed by atoms with E-state index in [1.165, 1.54) is 0 Å². The number of fused-ring (bicyclic) bond motifs is 1. The van der Waals surface area contributed by atoms with E-state index in [1.807, 2.05) is 43.3 Å². The monoisotopic (exact) mass is 371 g/mol. The zero-order valence-corrected chi connectivity index (χ0v) is 15.3. The zero-order valence-electron chi connectivity index (χ0n) is 14.6. The number of halogens is 1. The van der Waals surface area contributed by atoms with Crippen LogP contribution >= 0.6 is 11.6 Å². The summed E-state index contributed by atoms with van der Waals surface area (Å²) in [6, 6.07) is 12.5. The fourth-order valence-electron chi connectivity index (χ4n) is 2.76. The summed E-state index contributed by atoms with van der Waals surface area (Å²) < 4.78 is 0. The molecule has 0 bridgehead atoms. The van der Waals surface area contributed by atoms with Crippen molar-refractivity contribution >= 4 is 34.1 Å². The van der Waals surface area contributed by atoms with Crippen LogP contribution in [0.1, 0.15) is 18.5 Å². The lowest BCUT2D eigenvalue weighted by molar-refractivity contribution is -0.118. The molecule has 0 aliphatic rings. The first-order valence-electron chi connectivity index (χ1n) is 8.61. The van der Waals surface area contributed by atoms with Crippen molar-refractivity contribution in [3.8, 4) is 0 Å². The molecule has 1 amide bonds. The van der Waals surface area contributed by atoms with Gasteiger partial charge >= 0.3 is 0 Å². The minimum absolute atomic E-state index is 0.133. The molecule has 0 radical (unpaired) electrons. The van der Waals surface area contributed by atoms with Gasteiger partial charge in [-0.25, -0.2) is 0 Å². The number of carbonyl (C=O) groups is 1. The number of carbonyl (C=O) groups excluding carboxylic acids is 1. The highest BCUT2D eigenvalue weighted by atomic mass is 35.5. The minimum atomic E-state index is -0.493. The number of nitrogens with zero attached hydrogens (tertiary/aromatic N) is 1. The molecule has 0 aliphatic heterocycles. The Labute approximate surface area is 157 Å². The second-order valence-electron chi connectivity index (χ2n) is 5.96. The molecule has 26 heavy (non-hydrogen) atoms. The molecule has 0 saturated heterocycles. The van der Waals surface area contributed by atoms with Crippen LogP contribution in [0.3, 0.4) is 0 Å². The average Bonchev–Trinajstić information content (AvgIpc) is 3.09. The van der Waals surface area contributed by atoms with Gasteiger partial charge in [-0.3, -0.25) is 9.89 Å². The van der Waals surface area contributed by atoms with Crippen molar-refractivity contribution in [2.45, 2.75) is 13.0 Å². The van der Waals surface area contributed by atoms with Gasteiger partial charge in [0.2, 0.25) is 5.91 Å². The maximum atomic E-state index is 12.9. The van der Waals surface area contributed by atoms with Crippen LogP contribution in [0.15, 0.2) is 48.7 Å². The highest BCUT2D eigenvalue weighted by Gasteiger charge is 2.20. The first-order chi connectivity index (χ1) is 12.7. The van der Waals surface area contributed by atoms with Crippen LogP contribution in [0.4, 0.5) is 5.69 Å². The van der Waals surface area contributed by atoms with Gasteiger partial charge in [0.05, 0.1) is 11.7 Å². The van der Waals surface area contributed by atoms with Gasteiger partial charge in [-0.2, -0.15) is 5.10 Å². The molecule has 0 saturated carbocycles. The van der Waals surface area contributed by atoms with Crippen LogP contribution < -0.4 is 16.0 Å². The summed E-state index contributed by atoms with van der Waals surface area (Å²) in [6.07, 6.45) is 1.73. The molecule has 0 aliphatic carbocycles. The van der Waals surface area contributed by atoms with Gasteiger partial charge < -0.3 is 16.0 Å². The molecule has 0 fully saturated rings. The second kappa shape index (κ2) is 8.80. The van der Waals surface area contributed by atoms with Gasteiger partial charge in [-0.15, -0.1) is 0 Å². The van der Waals surface area contributed by atoms with Crippen molar-refractivity contribution in [2.75, 3.05) is 25.0 Å². The summed E-state index contributed by atoms with van der Waals surface area (Å²) >= 11 is 6.11. The number of aromatic amines is 1. The molecular formula is C19H22ClN5O. The number of hydrogen-bond acceptors (Lipinski definition) is 4. The third-order valence-electron chi connectivity index (χ3n) is 4.05.